The largest absolute Gasteiger partial charge is 0.239 e. The van der Waals surface area contributed by atoms with E-state index in [-0.39, 0.29) is 22.5 Å². The average molecular weight is 336 g/mol. The van der Waals surface area contributed by atoms with Crippen LogP contribution in [-0.2, 0) is 0 Å². The Morgan fingerprint density at radius 1 is 1.26 bits per heavy atom. The lowest BCUT2D eigenvalue weighted by Gasteiger charge is -2.13. The fraction of sp³-hybridized carbons (Fsp3) is 0.273. The molecule has 0 saturated carbocycles. The molecule has 0 amide bonds. The van der Waals surface area contributed by atoms with Crippen LogP contribution in [0.25, 0.3) is 0 Å². The SMILES string of the molecule is Fc1cc(F)c(F)c(C2CC(F)c3nc(Br)nn32)c1. The predicted molar refractivity (Wildman–Crippen MR) is 60.6 cm³/mol. The maximum absolute atomic E-state index is 13.7. The molecule has 100 valence electrons. The molecule has 0 radical (unpaired) electrons. The molecule has 1 aromatic heterocycles. The van der Waals surface area contributed by atoms with Gasteiger partial charge >= 0.3 is 0 Å². The summed E-state index contributed by atoms with van der Waals surface area (Å²) in [6, 6.07) is 0.383. The Labute approximate surface area is 113 Å². The van der Waals surface area contributed by atoms with Crippen molar-refractivity contribution in [2.45, 2.75) is 18.6 Å². The van der Waals surface area contributed by atoms with Crippen molar-refractivity contribution in [1.82, 2.24) is 14.8 Å². The van der Waals surface area contributed by atoms with E-state index in [0.717, 1.165) is 10.7 Å². The molecule has 0 saturated heterocycles. The van der Waals surface area contributed by atoms with Gasteiger partial charge in [-0.3, -0.25) is 0 Å². The van der Waals surface area contributed by atoms with Crippen LogP contribution in [0.15, 0.2) is 16.9 Å². The first-order valence-corrected chi connectivity index (χ1v) is 6.17. The highest BCUT2D eigenvalue weighted by molar-refractivity contribution is 9.10. The average Bonchev–Trinajstić information content (AvgIpc) is 2.84. The Balaban J connectivity index is 2.14. The van der Waals surface area contributed by atoms with Crippen LogP contribution >= 0.6 is 15.9 Å². The third-order valence-corrected chi connectivity index (χ3v) is 3.35. The van der Waals surface area contributed by atoms with E-state index < -0.39 is 29.7 Å². The maximum atomic E-state index is 13.7. The summed E-state index contributed by atoms with van der Waals surface area (Å²) in [5.41, 5.74) is -0.267. The number of benzene rings is 1. The van der Waals surface area contributed by atoms with Gasteiger partial charge in [0.2, 0.25) is 4.73 Å². The Morgan fingerprint density at radius 3 is 2.74 bits per heavy atom. The van der Waals surface area contributed by atoms with E-state index in [1.165, 1.54) is 0 Å². The first-order chi connectivity index (χ1) is 8.97. The van der Waals surface area contributed by atoms with Crippen LogP contribution in [0.3, 0.4) is 0 Å². The number of halogens is 5. The van der Waals surface area contributed by atoms with Crippen molar-refractivity contribution < 1.29 is 17.6 Å². The number of nitrogens with zero attached hydrogens (tertiary/aromatic N) is 3. The van der Waals surface area contributed by atoms with Gasteiger partial charge in [0.15, 0.2) is 23.6 Å². The number of rotatable bonds is 1. The number of alkyl halides is 1. The second kappa shape index (κ2) is 4.29. The normalized spacial score (nSPS) is 21.7. The van der Waals surface area contributed by atoms with Gasteiger partial charge in [-0.25, -0.2) is 27.2 Å². The van der Waals surface area contributed by atoms with Crippen molar-refractivity contribution >= 4 is 15.9 Å². The molecular weight excluding hydrogens is 330 g/mol. The van der Waals surface area contributed by atoms with Gasteiger partial charge in [-0.1, -0.05) is 0 Å². The van der Waals surface area contributed by atoms with Gasteiger partial charge in [-0.2, -0.15) is 0 Å². The van der Waals surface area contributed by atoms with Gasteiger partial charge in [0.25, 0.3) is 0 Å². The summed E-state index contributed by atoms with van der Waals surface area (Å²) in [6.45, 7) is 0. The summed E-state index contributed by atoms with van der Waals surface area (Å²) in [5.74, 6) is -3.41. The summed E-state index contributed by atoms with van der Waals surface area (Å²) >= 11 is 2.98. The Bertz CT molecular complexity index is 658. The zero-order valence-corrected chi connectivity index (χ0v) is 10.8. The molecule has 2 unspecified atom stereocenters. The summed E-state index contributed by atoms with van der Waals surface area (Å²) < 4.78 is 55.2. The van der Waals surface area contributed by atoms with E-state index in [1.807, 2.05) is 0 Å². The zero-order chi connectivity index (χ0) is 13.7. The molecule has 2 aromatic rings. The fourth-order valence-electron chi connectivity index (χ4n) is 2.23. The van der Waals surface area contributed by atoms with Crippen molar-refractivity contribution in [1.29, 1.82) is 0 Å². The number of aromatic nitrogens is 3. The minimum Gasteiger partial charge on any atom is -0.239 e. The van der Waals surface area contributed by atoms with Crippen LogP contribution in [-0.4, -0.2) is 14.8 Å². The van der Waals surface area contributed by atoms with Crippen LogP contribution < -0.4 is 0 Å². The highest BCUT2D eigenvalue weighted by Crippen LogP contribution is 2.41. The number of fused-ring (bicyclic) bond motifs is 1. The summed E-state index contributed by atoms with van der Waals surface area (Å²) in [7, 11) is 0. The molecule has 0 aliphatic carbocycles. The maximum Gasteiger partial charge on any atom is 0.217 e. The highest BCUT2D eigenvalue weighted by Gasteiger charge is 2.37. The second-order valence-corrected chi connectivity index (χ2v) is 4.90. The van der Waals surface area contributed by atoms with Gasteiger partial charge in [0, 0.05) is 18.1 Å². The second-order valence-electron chi connectivity index (χ2n) is 4.19. The van der Waals surface area contributed by atoms with Crippen molar-refractivity contribution in [3.05, 3.63) is 45.7 Å². The van der Waals surface area contributed by atoms with E-state index in [1.54, 1.807) is 0 Å². The van der Waals surface area contributed by atoms with E-state index in [0.29, 0.717) is 6.07 Å². The van der Waals surface area contributed by atoms with Gasteiger partial charge in [0.05, 0.1) is 6.04 Å². The molecule has 3 nitrogen and oxygen atoms in total. The molecule has 1 aliphatic heterocycles. The van der Waals surface area contributed by atoms with Gasteiger partial charge in [-0.15, -0.1) is 5.10 Å². The highest BCUT2D eigenvalue weighted by atomic mass is 79.9. The molecule has 2 atom stereocenters. The number of hydrogen-bond acceptors (Lipinski definition) is 2. The van der Waals surface area contributed by atoms with Crippen molar-refractivity contribution in [2.24, 2.45) is 0 Å². The molecule has 8 heteroatoms. The van der Waals surface area contributed by atoms with E-state index in [4.69, 9.17) is 0 Å². The molecule has 0 fully saturated rings. The Morgan fingerprint density at radius 2 is 2.00 bits per heavy atom. The molecule has 0 bridgehead atoms. The van der Waals surface area contributed by atoms with Crippen LogP contribution in [0.1, 0.15) is 30.0 Å². The number of hydrogen-bond donors (Lipinski definition) is 0. The lowest BCUT2D eigenvalue weighted by molar-refractivity contribution is 0.325. The summed E-state index contributed by atoms with van der Waals surface area (Å²) in [4.78, 5) is 3.81. The molecule has 19 heavy (non-hydrogen) atoms. The van der Waals surface area contributed by atoms with E-state index >= 15 is 0 Å². The molecule has 3 rings (SSSR count). The van der Waals surface area contributed by atoms with Crippen molar-refractivity contribution in [3.63, 3.8) is 0 Å². The fourth-order valence-corrected chi connectivity index (χ4v) is 2.58. The van der Waals surface area contributed by atoms with Crippen molar-refractivity contribution in [3.8, 4) is 0 Å². The van der Waals surface area contributed by atoms with Crippen molar-refractivity contribution in [2.75, 3.05) is 0 Å². The minimum atomic E-state index is -1.45. The summed E-state index contributed by atoms with van der Waals surface area (Å²) in [6.07, 6.45) is -1.60. The topological polar surface area (TPSA) is 30.7 Å². The molecule has 1 aliphatic rings. The quantitative estimate of drug-likeness (QED) is 0.590. The third-order valence-electron chi connectivity index (χ3n) is 3.02. The van der Waals surface area contributed by atoms with Gasteiger partial charge < -0.3 is 0 Å². The first-order valence-electron chi connectivity index (χ1n) is 5.38. The zero-order valence-electron chi connectivity index (χ0n) is 9.25. The lowest BCUT2D eigenvalue weighted by Crippen LogP contribution is -2.11. The predicted octanol–water partition coefficient (Wildman–Crippen LogP) is 3.46. The Kier molecular flexibility index (Phi) is 2.84. The van der Waals surface area contributed by atoms with E-state index in [9.17, 15) is 17.6 Å². The standard InChI is InChI=1S/C11H6BrF4N3/c12-11-17-10-7(15)3-8(19(10)18-11)5-1-4(13)2-6(14)9(5)16/h1-2,7-8H,3H2. The molecular formula is C11H6BrF4N3. The molecule has 0 spiro atoms. The van der Waals surface area contributed by atoms with Gasteiger partial charge in [0.1, 0.15) is 5.82 Å². The van der Waals surface area contributed by atoms with Crippen LogP contribution in [0, 0.1) is 17.5 Å². The third kappa shape index (κ3) is 1.94. The monoisotopic (exact) mass is 335 g/mol. The summed E-state index contributed by atoms with van der Waals surface area (Å²) in [5, 5.41) is 3.87. The van der Waals surface area contributed by atoms with Crippen LogP contribution in [0.2, 0.25) is 0 Å². The molecule has 1 aromatic carbocycles. The first kappa shape index (κ1) is 12.6. The molecule has 2 heterocycles. The van der Waals surface area contributed by atoms with Crippen LogP contribution in [0.4, 0.5) is 17.6 Å². The Hall–Kier alpha value is -1.44. The smallest absolute Gasteiger partial charge is 0.217 e. The lowest BCUT2D eigenvalue weighted by atomic mass is 10.0. The van der Waals surface area contributed by atoms with Gasteiger partial charge in [-0.05, 0) is 22.0 Å². The molecule has 0 N–H and O–H groups in total. The minimum absolute atomic E-state index is 0.0148. The van der Waals surface area contributed by atoms with E-state index in [2.05, 4.69) is 26.0 Å². The van der Waals surface area contributed by atoms with Crippen LogP contribution in [0.5, 0.6) is 0 Å².